The average Bonchev–Trinajstić information content (AvgIpc) is 2.12. The van der Waals surface area contributed by atoms with Crippen LogP contribution in [0.1, 0.15) is 58.8 Å². The van der Waals surface area contributed by atoms with Gasteiger partial charge >= 0.3 is 0 Å². The fraction of sp³-hybridized carbons (Fsp3) is 1.00. The van der Waals surface area contributed by atoms with Crippen LogP contribution < -0.4 is 5.32 Å². The Morgan fingerprint density at radius 3 is 2.14 bits per heavy atom. The van der Waals surface area contributed by atoms with Gasteiger partial charge in [-0.1, -0.05) is 33.1 Å². The number of hydrogen-bond acceptors (Lipinski definition) is 1. The molecule has 82 valence electrons. The molecule has 0 amide bonds. The minimum absolute atomic E-state index is 0.849. The minimum Gasteiger partial charge on any atom is -0.311 e. The van der Waals surface area contributed by atoms with Gasteiger partial charge in [0.2, 0.25) is 0 Å². The van der Waals surface area contributed by atoms with Gasteiger partial charge in [0.05, 0.1) is 0 Å². The molecule has 0 bridgehead atoms. The van der Waals surface area contributed by atoms with Crippen LogP contribution in [-0.4, -0.2) is 12.1 Å². The molecule has 1 heteroatoms. The fourth-order valence-electron chi connectivity index (χ4n) is 2.89. The molecule has 2 unspecified atom stereocenters. The lowest BCUT2D eigenvalue weighted by molar-refractivity contribution is 0.198. The largest absolute Gasteiger partial charge is 0.311 e. The van der Waals surface area contributed by atoms with Crippen molar-refractivity contribution in [3.8, 4) is 0 Å². The highest BCUT2D eigenvalue weighted by Crippen LogP contribution is 2.31. The Bertz CT molecular complexity index is 172. The molecule has 2 rings (SSSR count). The van der Waals surface area contributed by atoms with E-state index in [9.17, 15) is 0 Å². The highest BCUT2D eigenvalue weighted by Gasteiger charge is 2.27. The molecule has 0 aromatic heterocycles. The van der Waals surface area contributed by atoms with E-state index >= 15 is 0 Å². The summed E-state index contributed by atoms with van der Waals surface area (Å²) in [6, 6.07) is 1.73. The van der Waals surface area contributed by atoms with Crippen molar-refractivity contribution in [1.29, 1.82) is 0 Å². The molecule has 14 heavy (non-hydrogen) atoms. The van der Waals surface area contributed by atoms with Crippen molar-refractivity contribution in [2.24, 2.45) is 11.8 Å². The van der Waals surface area contributed by atoms with Gasteiger partial charge in [-0.3, -0.25) is 0 Å². The van der Waals surface area contributed by atoms with Gasteiger partial charge in [-0.15, -0.1) is 0 Å². The minimum atomic E-state index is 0.849. The van der Waals surface area contributed by atoms with Gasteiger partial charge in [-0.25, -0.2) is 0 Å². The van der Waals surface area contributed by atoms with E-state index < -0.39 is 0 Å². The molecule has 2 aliphatic carbocycles. The van der Waals surface area contributed by atoms with E-state index in [4.69, 9.17) is 0 Å². The summed E-state index contributed by atoms with van der Waals surface area (Å²) in [5.74, 6) is 1.88. The monoisotopic (exact) mass is 195 g/mol. The zero-order valence-electron chi connectivity index (χ0n) is 9.76. The molecule has 2 saturated carbocycles. The molecule has 0 aromatic carbocycles. The van der Waals surface area contributed by atoms with Gasteiger partial charge in [-0.2, -0.15) is 0 Å². The SMILES string of the molecule is CC(C)C1CCCC(NC2CCC2)C1. The fourth-order valence-corrected chi connectivity index (χ4v) is 2.89. The molecule has 0 heterocycles. The van der Waals surface area contributed by atoms with Crippen LogP contribution in [0.3, 0.4) is 0 Å². The first kappa shape index (κ1) is 10.5. The van der Waals surface area contributed by atoms with E-state index in [1.165, 1.54) is 44.9 Å². The summed E-state index contributed by atoms with van der Waals surface area (Å²) in [5.41, 5.74) is 0. The summed E-state index contributed by atoms with van der Waals surface area (Å²) in [7, 11) is 0. The van der Waals surface area contributed by atoms with E-state index in [0.717, 1.165) is 23.9 Å². The van der Waals surface area contributed by atoms with Crippen molar-refractivity contribution < 1.29 is 0 Å². The van der Waals surface area contributed by atoms with E-state index in [-0.39, 0.29) is 0 Å². The standard InChI is InChI=1S/C13H25N/c1-10(2)11-5-3-8-13(9-11)14-12-6-4-7-12/h10-14H,3-9H2,1-2H3. The third-order valence-electron chi connectivity index (χ3n) is 4.23. The van der Waals surface area contributed by atoms with Crippen molar-refractivity contribution in [2.75, 3.05) is 0 Å². The van der Waals surface area contributed by atoms with Crippen LogP contribution in [0.25, 0.3) is 0 Å². The zero-order valence-corrected chi connectivity index (χ0v) is 9.76. The molecular weight excluding hydrogens is 170 g/mol. The topological polar surface area (TPSA) is 12.0 Å². The Kier molecular flexibility index (Phi) is 3.48. The van der Waals surface area contributed by atoms with Crippen molar-refractivity contribution >= 4 is 0 Å². The zero-order chi connectivity index (χ0) is 9.97. The predicted octanol–water partition coefficient (Wildman–Crippen LogP) is 3.34. The summed E-state index contributed by atoms with van der Waals surface area (Å²) in [6.45, 7) is 4.77. The smallest absolute Gasteiger partial charge is 0.00723 e. The van der Waals surface area contributed by atoms with Crippen LogP contribution in [0.5, 0.6) is 0 Å². The predicted molar refractivity (Wildman–Crippen MR) is 61.4 cm³/mol. The highest BCUT2D eigenvalue weighted by atomic mass is 15.0. The van der Waals surface area contributed by atoms with E-state index in [2.05, 4.69) is 19.2 Å². The highest BCUT2D eigenvalue weighted by molar-refractivity contribution is 4.85. The van der Waals surface area contributed by atoms with E-state index in [1.807, 2.05) is 0 Å². The second-order valence-corrected chi connectivity index (χ2v) is 5.66. The maximum absolute atomic E-state index is 3.84. The number of nitrogens with one attached hydrogen (secondary N) is 1. The summed E-state index contributed by atoms with van der Waals surface area (Å²) < 4.78 is 0. The van der Waals surface area contributed by atoms with Gasteiger partial charge in [-0.05, 0) is 37.5 Å². The lowest BCUT2D eigenvalue weighted by atomic mass is 9.78. The van der Waals surface area contributed by atoms with Crippen molar-refractivity contribution in [2.45, 2.75) is 70.9 Å². The van der Waals surface area contributed by atoms with Gasteiger partial charge in [0.1, 0.15) is 0 Å². The summed E-state index contributed by atoms with van der Waals surface area (Å²) >= 11 is 0. The summed E-state index contributed by atoms with van der Waals surface area (Å²) in [5, 5.41) is 3.84. The van der Waals surface area contributed by atoms with Crippen LogP contribution in [-0.2, 0) is 0 Å². The van der Waals surface area contributed by atoms with Gasteiger partial charge in [0.15, 0.2) is 0 Å². The average molecular weight is 195 g/mol. The van der Waals surface area contributed by atoms with Gasteiger partial charge in [0.25, 0.3) is 0 Å². The van der Waals surface area contributed by atoms with Gasteiger partial charge in [0, 0.05) is 12.1 Å². The van der Waals surface area contributed by atoms with E-state index in [1.54, 1.807) is 0 Å². The maximum Gasteiger partial charge on any atom is 0.00723 e. The molecule has 0 radical (unpaired) electrons. The molecule has 2 aliphatic rings. The normalized spacial score (nSPS) is 34.5. The van der Waals surface area contributed by atoms with Crippen LogP contribution in [0.4, 0.5) is 0 Å². The second kappa shape index (κ2) is 4.65. The van der Waals surface area contributed by atoms with Crippen LogP contribution in [0.2, 0.25) is 0 Å². The lowest BCUT2D eigenvalue weighted by Gasteiger charge is -2.37. The molecular formula is C13H25N. The Morgan fingerprint density at radius 2 is 1.57 bits per heavy atom. The van der Waals surface area contributed by atoms with Crippen LogP contribution in [0.15, 0.2) is 0 Å². The summed E-state index contributed by atoms with van der Waals surface area (Å²) in [4.78, 5) is 0. The number of rotatable bonds is 3. The quantitative estimate of drug-likeness (QED) is 0.728. The molecule has 1 N–H and O–H groups in total. The van der Waals surface area contributed by atoms with Crippen molar-refractivity contribution in [3.05, 3.63) is 0 Å². The summed E-state index contributed by atoms with van der Waals surface area (Å²) in [6.07, 6.45) is 10.1. The molecule has 1 nitrogen and oxygen atoms in total. The van der Waals surface area contributed by atoms with Gasteiger partial charge < -0.3 is 5.32 Å². The Morgan fingerprint density at radius 1 is 0.929 bits per heavy atom. The Hall–Kier alpha value is -0.0400. The van der Waals surface area contributed by atoms with Crippen LogP contribution in [0, 0.1) is 11.8 Å². The molecule has 0 aromatic rings. The molecule has 2 fully saturated rings. The Balaban J connectivity index is 1.75. The third-order valence-corrected chi connectivity index (χ3v) is 4.23. The van der Waals surface area contributed by atoms with Crippen molar-refractivity contribution in [3.63, 3.8) is 0 Å². The Labute approximate surface area is 88.7 Å². The second-order valence-electron chi connectivity index (χ2n) is 5.66. The number of hydrogen-bond donors (Lipinski definition) is 1. The molecule has 0 aliphatic heterocycles. The first-order chi connectivity index (χ1) is 6.75. The van der Waals surface area contributed by atoms with Crippen molar-refractivity contribution in [1.82, 2.24) is 5.32 Å². The third kappa shape index (κ3) is 2.50. The molecule has 0 spiro atoms. The lowest BCUT2D eigenvalue weighted by Crippen LogP contribution is -2.44. The van der Waals surface area contributed by atoms with E-state index in [0.29, 0.717) is 0 Å². The first-order valence-electron chi connectivity index (χ1n) is 6.51. The molecule has 0 saturated heterocycles. The van der Waals surface area contributed by atoms with Crippen LogP contribution >= 0.6 is 0 Å². The first-order valence-corrected chi connectivity index (χ1v) is 6.51. The maximum atomic E-state index is 3.84. The molecule has 2 atom stereocenters.